The number of aromatic nitrogens is 4. The van der Waals surface area contributed by atoms with E-state index in [4.69, 9.17) is 19.4 Å². The Bertz CT molecular complexity index is 3870. The standard InChI is InChI=1S/C57H34N4OS/c1-3-15-35(16-4-1)37-19-13-20-38(31-37)41-24-14-25-46-47-33-40(61-49-26-10-7-21-42(49)43-22-8-11-27-50(43)61)34-48(54(47)63-53(41)46)57-59-55(36-17-5-2-6-18-36)58-56(60-57)39-29-30-45-44-23-9-12-28-51(44)62-52(45)32-39/h1-34H. The summed E-state index contributed by atoms with van der Waals surface area (Å²) >= 11 is 1.80. The molecule has 6 heteroatoms. The number of benzene rings is 9. The lowest BCUT2D eigenvalue weighted by atomic mass is 9.97. The highest BCUT2D eigenvalue weighted by atomic mass is 32.1. The molecule has 0 fully saturated rings. The number of hydrogen-bond acceptors (Lipinski definition) is 5. The summed E-state index contributed by atoms with van der Waals surface area (Å²) in [7, 11) is 0. The highest BCUT2D eigenvalue weighted by Crippen LogP contribution is 2.46. The molecule has 294 valence electrons. The van der Waals surface area contributed by atoms with Gasteiger partial charge in [-0.1, -0.05) is 158 Å². The molecular formula is C57H34N4OS. The largest absolute Gasteiger partial charge is 0.456 e. The molecule has 0 radical (unpaired) electrons. The number of nitrogens with zero attached hydrogens (tertiary/aromatic N) is 4. The van der Waals surface area contributed by atoms with Crippen LogP contribution >= 0.6 is 11.3 Å². The first kappa shape index (κ1) is 35.6. The predicted molar refractivity (Wildman–Crippen MR) is 262 cm³/mol. The molecule has 0 aliphatic carbocycles. The lowest BCUT2D eigenvalue weighted by molar-refractivity contribution is 0.669. The molecule has 5 nitrogen and oxygen atoms in total. The predicted octanol–water partition coefficient (Wildman–Crippen LogP) is 15.6. The van der Waals surface area contributed by atoms with Gasteiger partial charge in [-0.2, -0.15) is 0 Å². The summed E-state index contributed by atoms with van der Waals surface area (Å²) in [6, 6.07) is 72.8. The van der Waals surface area contributed by atoms with Crippen LogP contribution in [0, 0.1) is 0 Å². The molecule has 0 spiro atoms. The van der Waals surface area contributed by atoms with Gasteiger partial charge in [-0.05, 0) is 70.8 Å². The van der Waals surface area contributed by atoms with Crippen LogP contribution in [0.4, 0.5) is 0 Å². The molecule has 9 aromatic carbocycles. The summed E-state index contributed by atoms with van der Waals surface area (Å²) in [5, 5.41) is 6.90. The summed E-state index contributed by atoms with van der Waals surface area (Å²) in [5.74, 6) is 1.79. The van der Waals surface area contributed by atoms with Crippen molar-refractivity contribution < 1.29 is 4.42 Å². The maximum atomic E-state index is 6.37. The van der Waals surface area contributed by atoms with Gasteiger partial charge in [-0.15, -0.1) is 11.3 Å². The Kier molecular flexibility index (Phi) is 8.01. The Hall–Kier alpha value is -8.19. The number of hydrogen-bond donors (Lipinski definition) is 0. The second-order valence-corrected chi connectivity index (χ2v) is 17.0. The molecular weight excluding hydrogens is 789 g/mol. The van der Waals surface area contributed by atoms with Crippen molar-refractivity contribution in [2.75, 3.05) is 0 Å². The van der Waals surface area contributed by atoms with Crippen LogP contribution in [0.15, 0.2) is 211 Å². The maximum Gasteiger partial charge on any atom is 0.165 e. The Morgan fingerprint density at radius 3 is 1.68 bits per heavy atom. The lowest BCUT2D eigenvalue weighted by Crippen LogP contribution is -2.01. The molecule has 0 atom stereocenters. The molecule has 63 heavy (non-hydrogen) atoms. The fourth-order valence-corrected chi connectivity index (χ4v) is 10.6. The van der Waals surface area contributed by atoms with Gasteiger partial charge in [-0.3, -0.25) is 0 Å². The van der Waals surface area contributed by atoms with Crippen molar-refractivity contribution in [3.05, 3.63) is 206 Å². The van der Waals surface area contributed by atoms with E-state index >= 15 is 0 Å². The van der Waals surface area contributed by atoms with Crippen LogP contribution in [0.2, 0.25) is 0 Å². The van der Waals surface area contributed by atoms with Crippen LogP contribution < -0.4 is 0 Å². The van der Waals surface area contributed by atoms with Crippen LogP contribution in [0.25, 0.3) is 126 Å². The molecule has 13 rings (SSSR count). The first-order chi connectivity index (χ1) is 31.2. The SMILES string of the molecule is c1ccc(-c2cccc(-c3cccc4c3sc3c(-c5nc(-c6ccccc6)nc(-c6ccc7c(c6)oc6ccccc67)n5)cc(-n5c6ccccc6c6ccccc65)cc34)c2)cc1. The fourth-order valence-electron chi connectivity index (χ4n) is 9.31. The van der Waals surface area contributed by atoms with Gasteiger partial charge in [0.1, 0.15) is 11.2 Å². The maximum absolute atomic E-state index is 6.37. The highest BCUT2D eigenvalue weighted by Gasteiger charge is 2.22. The third-order valence-corrected chi connectivity index (χ3v) is 13.5. The van der Waals surface area contributed by atoms with Crippen LogP contribution in [0.1, 0.15) is 0 Å². The molecule has 4 aromatic heterocycles. The first-order valence-corrected chi connectivity index (χ1v) is 21.9. The second kappa shape index (κ2) is 14.2. The van der Waals surface area contributed by atoms with E-state index in [1.807, 2.05) is 36.4 Å². The van der Waals surface area contributed by atoms with E-state index in [9.17, 15) is 0 Å². The monoisotopic (exact) mass is 822 g/mol. The fraction of sp³-hybridized carbons (Fsp3) is 0. The Balaban J connectivity index is 1.10. The summed E-state index contributed by atoms with van der Waals surface area (Å²) in [5.41, 5.74) is 12.4. The van der Waals surface area contributed by atoms with Crippen molar-refractivity contribution in [1.29, 1.82) is 0 Å². The van der Waals surface area contributed by atoms with Gasteiger partial charge in [0, 0.05) is 64.1 Å². The molecule has 0 N–H and O–H groups in total. The van der Waals surface area contributed by atoms with E-state index in [0.29, 0.717) is 17.5 Å². The molecule has 0 amide bonds. The molecule has 13 aromatic rings. The van der Waals surface area contributed by atoms with Crippen LogP contribution in [-0.4, -0.2) is 19.5 Å². The molecule has 4 heterocycles. The average molecular weight is 823 g/mol. The summed E-state index contributed by atoms with van der Waals surface area (Å²) in [6.07, 6.45) is 0. The second-order valence-electron chi connectivity index (χ2n) is 16.0. The van der Waals surface area contributed by atoms with Gasteiger partial charge in [0.2, 0.25) is 0 Å². The van der Waals surface area contributed by atoms with Gasteiger partial charge < -0.3 is 8.98 Å². The minimum Gasteiger partial charge on any atom is -0.456 e. The number of thiophene rings is 1. The normalized spacial score (nSPS) is 11.8. The zero-order chi connectivity index (χ0) is 41.4. The van der Waals surface area contributed by atoms with E-state index in [-0.39, 0.29) is 0 Å². The van der Waals surface area contributed by atoms with E-state index in [2.05, 4.69) is 174 Å². The van der Waals surface area contributed by atoms with Crippen LogP contribution in [0.3, 0.4) is 0 Å². The number of fused-ring (bicyclic) bond motifs is 9. The number of para-hydroxylation sites is 3. The van der Waals surface area contributed by atoms with Crippen molar-refractivity contribution in [2.45, 2.75) is 0 Å². The summed E-state index contributed by atoms with van der Waals surface area (Å²) in [6.45, 7) is 0. The van der Waals surface area contributed by atoms with E-state index in [1.165, 1.54) is 43.1 Å². The van der Waals surface area contributed by atoms with Crippen molar-refractivity contribution in [2.24, 2.45) is 0 Å². The molecule has 0 bridgehead atoms. The van der Waals surface area contributed by atoms with Crippen molar-refractivity contribution in [1.82, 2.24) is 19.5 Å². The third kappa shape index (κ3) is 5.80. The summed E-state index contributed by atoms with van der Waals surface area (Å²) < 4.78 is 11.1. The van der Waals surface area contributed by atoms with Crippen molar-refractivity contribution in [3.63, 3.8) is 0 Å². The number of rotatable bonds is 6. The zero-order valence-corrected chi connectivity index (χ0v) is 34.6. The van der Waals surface area contributed by atoms with Crippen molar-refractivity contribution >= 4 is 75.3 Å². The zero-order valence-electron chi connectivity index (χ0n) is 33.7. The molecule has 0 saturated heterocycles. The Labute approximate surface area is 365 Å². The smallest absolute Gasteiger partial charge is 0.165 e. The molecule has 0 unspecified atom stereocenters. The summed E-state index contributed by atoms with van der Waals surface area (Å²) in [4.78, 5) is 15.9. The van der Waals surface area contributed by atoms with Crippen molar-refractivity contribution in [3.8, 4) is 62.1 Å². The quantitative estimate of drug-likeness (QED) is 0.168. The van der Waals surface area contributed by atoms with Gasteiger partial charge >= 0.3 is 0 Å². The van der Waals surface area contributed by atoms with Crippen LogP contribution in [-0.2, 0) is 0 Å². The highest BCUT2D eigenvalue weighted by molar-refractivity contribution is 7.26. The Morgan fingerprint density at radius 2 is 0.905 bits per heavy atom. The third-order valence-electron chi connectivity index (χ3n) is 12.2. The molecule has 0 aliphatic rings. The number of furan rings is 1. The minimum absolute atomic E-state index is 0.580. The first-order valence-electron chi connectivity index (χ1n) is 21.1. The minimum atomic E-state index is 0.580. The molecule has 0 aliphatic heterocycles. The topological polar surface area (TPSA) is 56.7 Å². The molecule has 0 saturated carbocycles. The lowest BCUT2D eigenvalue weighted by Gasteiger charge is -2.13. The Morgan fingerprint density at radius 1 is 0.333 bits per heavy atom. The van der Waals surface area contributed by atoms with E-state index in [0.717, 1.165) is 65.4 Å². The van der Waals surface area contributed by atoms with Gasteiger partial charge in [0.25, 0.3) is 0 Å². The van der Waals surface area contributed by atoms with E-state index < -0.39 is 0 Å². The van der Waals surface area contributed by atoms with E-state index in [1.54, 1.807) is 11.3 Å². The van der Waals surface area contributed by atoms with Gasteiger partial charge in [-0.25, -0.2) is 15.0 Å². The van der Waals surface area contributed by atoms with Crippen LogP contribution in [0.5, 0.6) is 0 Å². The average Bonchev–Trinajstić information content (AvgIpc) is 4.03. The van der Waals surface area contributed by atoms with Gasteiger partial charge in [0.05, 0.1) is 11.0 Å². The van der Waals surface area contributed by atoms with Gasteiger partial charge in [0.15, 0.2) is 17.5 Å².